The number of rotatable bonds is 2. The van der Waals surface area contributed by atoms with E-state index in [2.05, 4.69) is 43.3 Å². The van der Waals surface area contributed by atoms with Crippen molar-refractivity contribution in [1.82, 2.24) is 0 Å². The lowest BCUT2D eigenvalue weighted by atomic mass is 9.83. The fraction of sp³-hybridized carbons (Fsp3) is 0.182. The Balaban J connectivity index is 1.78. The summed E-state index contributed by atoms with van der Waals surface area (Å²) in [5, 5.41) is 0.164. The first-order valence-corrected chi connectivity index (χ1v) is 8.74. The molecule has 1 aliphatic carbocycles. The van der Waals surface area contributed by atoms with Gasteiger partial charge in [-0.05, 0) is 70.3 Å². The zero-order valence-corrected chi connectivity index (χ0v) is 14.3. The van der Waals surface area contributed by atoms with Crippen LogP contribution in [0.5, 0.6) is 0 Å². The quantitative estimate of drug-likeness (QED) is 0.502. The predicted octanol–water partition coefficient (Wildman–Crippen LogP) is 6.47. The molecule has 0 aliphatic heterocycles. The van der Waals surface area contributed by atoms with Crippen molar-refractivity contribution in [3.8, 4) is 22.3 Å². The van der Waals surface area contributed by atoms with Gasteiger partial charge in [-0.2, -0.15) is 0 Å². The van der Waals surface area contributed by atoms with Crippen molar-refractivity contribution in [2.45, 2.75) is 26.2 Å². The monoisotopic (exact) mass is 336 g/mol. The highest BCUT2D eigenvalue weighted by Crippen LogP contribution is 2.36. The van der Waals surface area contributed by atoms with E-state index in [1.54, 1.807) is 6.07 Å². The van der Waals surface area contributed by atoms with Gasteiger partial charge in [-0.1, -0.05) is 61.0 Å². The number of aryl methyl sites for hydroxylation is 3. The van der Waals surface area contributed by atoms with Crippen molar-refractivity contribution in [3.63, 3.8) is 0 Å². The second-order valence-electron chi connectivity index (χ2n) is 6.35. The van der Waals surface area contributed by atoms with Gasteiger partial charge in [0.15, 0.2) is 0 Å². The summed E-state index contributed by atoms with van der Waals surface area (Å²) < 4.78 is 13.7. The van der Waals surface area contributed by atoms with E-state index in [1.807, 2.05) is 6.07 Å². The first-order chi connectivity index (χ1) is 11.7. The van der Waals surface area contributed by atoms with Crippen LogP contribution in [0.15, 0.2) is 54.6 Å². The molecule has 0 bridgehead atoms. The zero-order valence-electron chi connectivity index (χ0n) is 13.6. The molecule has 0 unspecified atom stereocenters. The minimum absolute atomic E-state index is 0.164. The Kier molecular flexibility index (Phi) is 3.90. The Hall–Kier alpha value is -2.12. The molecule has 0 nitrogen and oxygen atoms in total. The van der Waals surface area contributed by atoms with Crippen LogP contribution in [-0.2, 0) is 19.3 Å². The summed E-state index contributed by atoms with van der Waals surface area (Å²) in [5.74, 6) is -0.371. The van der Waals surface area contributed by atoms with Crippen molar-refractivity contribution in [2.75, 3.05) is 0 Å². The molecule has 1 aliphatic rings. The minimum Gasteiger partial charge on any atom is -0.205 e. The third-order valence-electron chi connectivity index (χ3n) is 4.89. The summed E-state index contributed by atoms with van der Waals surface area (Å²) in [6, 6.07) is 18.2. The van der Waals surface area contributed by atoms with Crippen LogP contribution >= 0.6 is 11.6 Å². The molecule has 3 aromatic carbocycles. The molecular formula is C22H18ClF. The molecule has 0 spiro atoms. The number of fused-ring (bicyclic) bond motifs is 3. The van der Waals surface area contributed by atoms with Gasteiger partial charge in [0.25, 0.3) is 0 Å². The molecule has 3 aromatic rings. The van der Waals surface area contributed by atoms with Crippen molar-refractivity contribution in [2.24, 2.45) is 0 Å². The molecule has 0 aromatic heterocycles. The van der Waals surface area contributed by atoms with Gasteiger partial charge in [0.2, 0.25) is 0 Å². The molecule has 0 saturated carbocycles. The maximum Gasteiger partial charge on any atom is 0.142 e. The van der Waals surface area contributed by atoms with Crippen LogP contribution in [-0.4, -0.2) is 0 Å². The smallest absolute Gasteiger partial charge is 0.142 e. The van der Waals surface area contributed by atoms with E-state index in [9.17, 15) is 4.39 Å². The summed E-state index contributed by atoms with van der Waals surface area (Å²) >= 11 is 5.79. The first kappa shape index (κ1) is 15.4. The Morgan fingerprint density at radius 1 is 0.833 bits per heavy atom. The SMILES string of the molecule is CCc1ccc2c(c1)CCc1cc(-c3ccc(Cl)c(F)c3)ccc1-2. The van der Waals surface area contributed by atoms with E-state index in [0.717, 1.165) is 30.4 Å². The molecule has 0 radical (unpaired) electrons. The maximum absolute atomic E-state index is 13.7. The van der Waals surface area contributed by atoms with Gasteiger partial charge < -0.3 is 0 Å². The van der Waals surface area contributed by atoms with E-state index in [1.165, 1.54) is 33.9 Å². The van der Waals surface area contributed by atoms with Gasteiger partial charge in [-0.3, -0.25) is 0 Å². The van der Waals surface area contributed by atoms with Gasteiger partial charge in [-0.15, -0.1) is 0 Å². The van der Waals surface area contributed by atoms with Crippen LogP contribution in [0.25, 0.3) is 22.3 Å². The third-order valence-corrected chi connectivity index (χ3v) is 5.20. The minimum atomic E-state index is -0.371. The molecule has 0 saturated heterocycles. The molecule has 0 fully saturated rings. The van der Waals surface area contributed by atoms with Crippen LogP contribution in [0.2, 0.25) is 5.02 Å². The summed E-state index contributed by atoms with van der Waals surface area (Å²) in [7, 11) is 0. The second kappa shape index (κ2) is 6.07. The first-order valence-electron chi connectivity index (χ1n) is 8.36. The van der Waals surface area contributed by atoms with Crippen molar-refractivity contribution in [1.29, 1.82) is 0 Å². The largest absolute Gasteiger partial charge is 0.205 e. The third kappa shape index (κ3) is 2.63. The number of hydrogen-bond acceptors (Lipinski definition) is 0. The molecule has 0 amide bonds. The van der Waals surface area contributed by atoms with Crippen LogP contribution < -0.4 is 0 Å². The maximum atomic E-state index is 13.7. The van der Waals surface area contributed by atoms with Crippen LogP contribution in [0.4, 0.5) is 4.39 Å². The fourth-order valence-electron chi connectivity index (χ4n) is 3.52. The summed E-state index contributed by atoms with van der Waals surface area (Å²) in [6.45, 7) is 2.19. The van der Waals surface area contributed by atoms with E-state index >= 15 is 0 Å². The second-order valence-corrected chi connectivity index (χ2v) is 6.75. The molecule has 4 rings (SSSR count). The van der Waals surface area contributed by atoms with Gasteiger partial charge in [0.1, 0.15) is 5.82 Å². The van der Waals surface area contributed by atoms with Crippen LogP contribution in [0.3, 0.4) is 0 Å². The standard InChI is InChI=1S/C22H18ClF/c1-2-14-3-8-19-17(11-14)4-5-18-12-15(6-9-20(18)19)16-7-10-21(23)22(24)13-16/h3,6-13H,2,4-5H2,1H3. The number of benzene rings is 3. The predicted molar refractivity (Wildman–Crippen MR) is 99.1 cm³/mol. The summed E-state index contributed by atoms with van der Waals surface area (Å²) in [4.78, 5) is 0. The highest BCUT2D eigenvalue weighted by molar-refractivity contribution is 6.30. The molecule has 24 heavy (non-hydrogen) atoms. The van der Waals surface area contributed by atoms with Crippen molar-refractivity contribution >= 4 is 11.6 Å². The number of hydrogen-bond donors (Lipinski definition) is 0. The van der Waals surface area contributed by atoms with E-state index in [4.69, 9.17) is 11.6 Å². The van der Waals surface area contributed by atoms with E-state index in [0.29, 0.717) is 0 Å². The molecule has 0 N–H and O–H groups in total. The average Bonchev–Trinajstić information content (AvgIpc) is 2.62. The normalized spacial score (nSPS) is 12.6. The Bertz CT molecular complexity index is 927. The molecule has 0 heterocycles. The van der Waals surface area contributed by atoms with E-state index < -0.39 is 0 Å². The lowest BCUT2D eigenvalue weighted by Crippen LogP contribution is -2.04. The topological polar surface area (TPSA) is 0 Å². The lowest BCUT2D eigenvalue weighted by molar-refractivity contribution is 0.629. The van der Waals surface area contributed by atoms with Crippen LogP contribution in [0.1, 0.15) is 23.6 Å². The average molecular weight is 337 g/mol. The van der Waals surface area contributed by atoms with Gasteiger partial charge in [0, 0.05) is 0 Å². The summed E-state index contributed by atoms with van der Waals surface area (Å²) in [5.41, 5.74) is 8.71. The van der Waals surface area contributed by atoms with Gasteiger partial charge in [0.05, 0.1) is 5.02 Å². The molecule has 120 valence electrons. The van der Waals surface area contributed by atoms with Gasteiger partial charge in [-0.25, -0.2) is 4.39 Å². The van der Waals surface area contributed by atoms with Crippen molar-refractivity contribution in [3.05, 3.63) is 82.1 Å². The molecule has 2 heteroatoms. The van der Waals surface area contributed by atoms with Crippen LogP contribution in [0, 0.1) is 5.82 Å². The Labute approximate surface area is 146 Å². The van der Waals surface area contributed by atoms with E-state index in [-0.39, 0.29) is 10.8 Å². The highest BCUT2D eigenvalue weighted by atomic mass is 35.5. The van der Waals surface area contributed by atoms with Gasteiger partial charge >= 0.3 is 0 Å². The fourth-order valence-corrected chi connectivity index (χ4v) is 3.64. The Morgan fingerprint density at radius 2 is 1.46 bits per heavy atom. The number of halogens is 2. The van der Waals surface area contributed by atoms with Crippen molar-refractivity contribution < 1.29 is 4.39 Å². The highest BCUT2D eigenvalue weighted by Gasteiger charge is 2.17. The molecular weight excluding hydrogens is 319 g/mol. The lowest BCUT2D eigenvalue weighted by Gasteiger charge is -2.21. The Morgan fingerprint density at radius 3 is 2.17 bits per heavy atom. The zero-order chi connectivity index (χ0) is 16.7. The molecule has 0 atom stereocenters. The summed E-state index contributed by atoms with van der Waals surface area (Å²) in [6.07, 6.45) is 3.16.